The molecule has 3 rings (SSSR count). The largest absolute Gasteiger partial charge is 0.248 e. The smallest absolute Gasteiger partial charge is 0.113 e. The molecule has 3 nitrogen and oxygen atoms in total. The lowest BCUT2D eigenvalue weighted by Gasteiger charge is -2.29. The Kier molecular flexibility index (Phi) is 4.10. The zero-order valence-electron chi connectivity index (χ0n) is 12.1. The second-order valence-electron chi connectivity index (χ2n) is 5.58. The van der Waals surface area contributed by atoms with Crippen LogP contribution in [0.2, 0.25) is 0 Å². The molecule has 0 bridgehead atoms. The average molecular weight is 287 g/mol. The summed E-state index contributed by atoms with van der Waals surface area (Å²) in [5.41, 5.74) is 3.41. The van der Waals surface area contributed by atoms with Gasteiger partial charge in [0.25, 0.3) is 0 Å². The summed E-state index contributed by atoms with van der Waals surface area (Å²) < 4.78 is 2.09. The van der Waals surface area contributed by atoms with Crippen molar-refractivity contribution in [2.75, 3.05) is 6.26 Å². The van der Waals surface area contributed by atoms with Crippen molar-refractivity contribution in [1.82, 2.24) is 15.0 Å². The van der Waals surface area contributed by atoms with Gasteiger partial charge < -0.3 is 0 Å². The van der Waals surface area contributed by atoms with Crippen molar-refractivity contribution in [3.8, 4) is 11.3 Å². The third-order valence-corrected chi connectivity index (χ3v) is 5.32. The number of hydrogen-bond donors (Lipinski definition) is 0. The van der Waals surface area contributed by atoms with Gasteiger partial charge in [0.15, 0.2) is 0 Å². The van der Waals surface area contributed by atoms with Crippen LogP contribution in [0.3, 0.4) is 0 Å². The quantitative estimate of drug-likeness (QED) is 0.851. The number of thioether (sulfide) groups is 1. The van der Waals surface area contributed by atoms with Crippen molar-refractivity contribution in [2.45, 2.75) is 43.9 Å². The number of aryl methyl sites for hydroxylation is 1. The molecule has 1 saturated carbocycles. The van der Waals surface area contributed by atoms with Gasteiger partial charge in [-0.2, -0.15) is 11.8 Å². The molecule has 1 aliphatic carbocycles. The van der Waals surface area contributed by atoms with Crippen molar-refractivity contribution >= 4 is 11.8 Å². The van der Waals surface area contributed by atoms with Crippen molar-refractivity contribution in [1.29, 1.82) is 0 Å². The SMILES string of the molecule is CSC1CCCCC1n1cc(-c2ccc(C)cc2)nn1. The number of hydrogen-bond acceptors (Lipinski definition) is 3. The standard InChI is InChI=1S/C16H21N3S/c1-12-7-9-13(10-8-12)14-11-19(18-17-14)15-5-3-4-6-16(15)20-2/h7-11,15-16H,3-6H2,1-2H3. The Morgan fingerprint density at radius 3 is 2.65 bits per heavy atom. The lowest BCUT2D eigenvalue weighted by Crippen LogP contribution is -2.25. The molecule has 0 saturated heterocycles. The highest BCUT2D eigenvalue weighted by atomic mass is 32.2. The van der Waals surface area contributed by atoms with E-state index in [9.17, 15) is 0 Å². The van der Waals surface area contributed by atoms with Crippen molar-refractivity contribution in [3.05, 3.63) is 36.0 Å². The van der Waals surface area contributed by atoms with Crippen molar-refractivity contribution in [3.63, 3.8) is 0 Å². The first-order valence-corrected chi connectivity index (χ1v) is 8.58. The van der Waals surface area contributed by atoms with Gasteiger partial charge in [-0.3, -0.25) is 0 Å². The fourth-order valence-electron chi connectivity index (χ4n) is 2.95. The fourth-order valence-corrected chi connectivity index (χ4v) is 3.93. The van der Waals surface area contributed by atoms with Crippen LogP contribution in [0, 0.1) is 6.92 Å². The molecule has 2 unspecified atom stereocenters. The maximum absolute atomic E-state index is 4.39. The summed E-state index contributed by atoms with van der Waals surface area (Å²) in [5.74, 6) is 0. The van der Waals surface area contributed by atoms with Gasteiger partial charge in [0.2, 0.25) is 0 Å². The van der Waals surface area contributed by atoms with Gasteiger partial charge in [-0.05, 0) is 26.0 Å². The normalized spacial score (nSPS) is 22.9. The van der Waals surface area contributed by atoms with E-state index in [0.29, 0.717) is 11.3 Å². The molecule has 1 aromatic carbocycles. The van der Waals surface area contributed by atoms with Crippen LogP contribution < -0.4 is 0 Å². The topological polar surface area (TPSA) is 30.7 Å². The van der Waals surface area contributed by atoms with Gasteiger partial charge in [0, 0.05) is 10.8 Å². The molecule has 1 fully saturated rings. The predicted octanol–water partition coefficient (Wildman–Crippen LogP) is 4.10. The highest BCUT2D eigenvalue weighted by Crippen LogP contribution is 2.35. The summed E-state index contributed by atoms with van der Waals surface area (Å²) in [6.07, 6.45) is 9.50. The fraction of sp³-hybridized carbons (Fsp3) is 0.500. The molecule has 20 heavy (non-hydrogen) atoms. The third kappa shape index (κ3) is 2.75. The Balaban J connectivity index is 1.84. The number of rotatable bonds is 3. The minimum absolute atomic E-state index is 0.505. The summed E-state index contributed by atoms with van der Waals surface area (Å²) in [4.78, 5) is 0. The highest BCUT2D eigenvalue weighted by molar-refractivity contribution is 7.99. The minimum Gasteiger partial charge on any atom is -0.248 e. The molecule has 1 aliphatic rings. The second kappa shape index (κ2) is 6.00. The Morgan fingerprint density at radius 2 is 1.90 bits per heavy atom. The van der Waals surface area contributed by atoms with E-state index in [0.717, 1.165) is 11.3 Å². The average Bonchev–Trinajstić information content (AvgIpc) is 2.97. The number of benzene rings is 1. The minimum atomic E-state index is 0.505. The van der Waals surface area contributed by atoms with Crippen LogP contribution in [0.25, 0.3) is 11.3 Å². The first kappa shape index (κ1) is 13.7. The zero-order chi connectivity index (χ0) is 13.9. The Morgan fingerprint density at radius 1 is 1.15 bits per heavy atom. The third-order valence-electron chi connectivity index (χ3n) is 4.17. The summed E-state index contributed by atoms with van der Waals surface area (Å²) >= 11 is 1.97. The van der Waals surface area contributed by atoms with Gasteiger partial charge in [0.05, 0.1) is 12.2 Å². The van der Waals surface area contributed by atoms with Crippen LogP contribution in [0.15, 0.2) is 30.5 Å². The molecular weight excluding hydrogens is 266 g/mol. The van der Waals surface area contributed by atoms with Crippen LogP contribution in [-0.4, -0.2) is 26.5 Å². The first-order valence-electron chi connectivity index (χ1n) is 7.29. The van der Waals surface area contributed by atoms with Crippen LogP contribution in [0.4, 0.5) is 0 Å². The summed E-state index contributed by atoms with van der Waals surface area (Å²) in [7, 11) is 0. The van der Waals surface area contributed by atoms with Gasteiger partial charge in [-0.1, -0.05) is 47.9 Å². The van der Waals surface area contributed by atoms with Crippen LogP contribution in [-0.2, 0) is 0 Å². The number of nitrogens with zero attached hydrogens (tertiary/aromatic N) is 3. The molecule has 1 heterocycles. The Labute approximate surface area is 124 Å². The van der Waals surface area contributed by atoms with Gasteiger partial charge in [-0.15, -0.1) is 5.10 Å². The predicted molar refractivity (Wildman–Crippen MR) is 85.0 cm³/mol. The highest BCUT2D eigenvalue weighted by Gasteiger charge is 2.26. The van der Waals surface area contributed by atoms with Crippen LogP contribution >= 0.6 is 11.8 Å². The lowest BCUT2D eigenvalue weighted by atomic mass is 9.95. The Hall–Kier alpha value is -1.29. The molecule has 0 aliphatic heterocycles. The molecule has 0 radical (unpaired) electrons. The molecule has 0 N–H and O–H groups in total. The van der Waals surface area contributed by atoms with E-state index in [-0.39, 0.29) is 0 Å². The van der Waals surface area contributed by atoms with Crippen LogP contribution in [0.5, 0.6) is 0 Å². The second-order valence-corrected chi connectivity index (χ2v) is 6.65. The summed E-state index contributed by atoms with van der Waals surface area (Å²) in [6.45, 7) is 2.10. The molecule has 106 valence electrons. The van der Waals surface area contributed by atoms with E-state index in [4.69, 9.17) is 0 Å². The van der Waals surface area contributed by atoms with Gasteiger partial charge >= 0.3 is 0 Å². The van der Waals surface area contributed by atoms with Crippen molar-refractivity contribution < 1.29 is 0 Å². The maximum Gasteiger partial charge on any atom is 0.113 e. The summed E-state index contributed by atoms with van der Waals surface area (Å²) in [6, 6.07) is 9.00. The molecule has 4 heteroatoms. The van der Waals surface area contributed by atoms with E-state index < -0.39 is 0 Å². The molecular formula is C16H21N3S. The van der Waals surface area contributed by atoms with Crippen LogP contribution in [0.1, 0.15) is 37.3 Å². The summed E-state index contributed by atoms with van der Waals surface area (Å²) in [5, 5.41) is 9.43. The van der Waals surface area contributed by atoms with Gasteiger partial charge in [0.1, 0.15) is 5.69 Å². The zero-order valence-corrected chi connectivity index (χ0v) is 12.9. The monoisotopic (exact) mass is 287 g/mol. The molecule has 0 amide bonds. The molecule has 2 atom stereocenters. The van der Waals surface area contributed by atoms with Gasteiger partial charge in [-0.25, -0.2) is 4.68 Å². The first-order chi connectivity index (χ1) is 9.78. The van der Waals surface area contributed by atoms with Crippen molar-refractivity contribution in [2.24, 2.45) is 0 Å². The maximum atomic E-state index is 4.39. The molecule has 1 aromatic heterocycles. The molecule has 2 aromatic rings. The lowest BCUT2D eigenvalue weighted by molar-refractivity contribution is 0.334. The van der Waals surface area contributed by atoms with E-state index in [1.807, 2.05) is 11.8 Å². The van der Waals surface area contributed by atoms with E-state index in [1.165, 1.54) is 31.2 Å². The van der Waals surface area contributed by atoms with E-state index in [1.54, 1.807) is 0 Å². The van der Waals surface area contributed by atoms with E-state index >= 15 is 0 Å². The Bertz CT molecular complexity index is 561. The number of aromatic nitrogens is 3. The molecule has 0 spiro atoms. The van der Waals surface area contributed by atoms with E-state index in [2.05, 4.69) is 58.6 Å².